The molecule has 3 heteroatoms. The van der Waals surface area contributed by atoms with E-state index >= 15 is 0 Å². The first-order chi connectivity index (χ1) is 30.2. The van der Waals surface area contributed by atoms with Crippen molar-refractivity contribution in [3.8, 4) is 55.6 Å². The van der Waals surface area contributed by atoms with Gasteiger partial charge in [0.15, 0.2) is 0 Å². The fourth-order valence-electron chi connectivity index (χ4n) is 9.54. The predicted octanol–water partition coefficient (Wildman–Crippen LogP) is 14.1. The third-order valence-corrected chi connectivity index (χ3v) is 13.6. The molecule has 0 bridgehead atoms. The van der Waals surface area contributed by atoms with Crippen LogP contribution in [0.15, 0.2) is 222 Å². The molecule has 0 radical (unpaired) electrons. The number of unbranched alkanes of at least 4 members (excludes halogenated alkanes) is 1. The van der Waals surface area contributed by atoms with E-state index in [0.29, 0.717) is 0 Å². The van der Waals surface area contributed by atoms with Gasteiger partial charge < -0.3 is 4.90 Å². The molecule has 0 N–H and O–H groups in total. The number of hydrogen-bond donors (Lipinski definition) is 0. The molecule has 0 saturated carbocycles. The quantitative estimate of drug-likeness (QED) is 0.134. The summed E-state index contributed by atoms with van der Waals surface area (Å²) < 4.78 is 0. The lowest BCUT2D eigenvalue weighted by molar-refractivity contribution is 0.794. The first-order valence-electron chi connectivity index (χ1n) is 21.6. The van der Waals surface area contributed by atoms with Crippen molar-refractivity contribution < 1.29 is 0 Å². The summed E-state index contributed by atoms with van der Waals surface area (Å²) >= 11 is 1.95. The van der Waals surface area contributed by atoms with Crippen molar-refractivity contribution in [3.63, 3.8) is 0 Å². The Morgan fingerprint density at radius 2 is 0.902 bits per heavy atom. The highest BCUT2D eigenvalue weighted by atomic mass is 32.2. The minimum absolute atomic E-state index is 0.0454. The van der Waals surface area contributed by atoms with E-state index in [-0.39, 0.29) is 6.71 Å². The van der Waals surface area contributed by atoms with Crippen LogP contribution < -0.4 is 21.3 Å². The molecule has 0 fully saturated rings. The van der Waals surface area contributed by atoms with Crippen LogP contribution in [0, 0.1) is 0 Å². The molecular formula is C58H44BNS. The molecule has 61 heavy (non-hydrogen) atoms. The monoisotopic (exact) mass is 797 g/mol. The van der Waals surface area contributed by atoms with E-state index in [0.717, 1.165) is 19.3 Å². The second-order valence-corrected chi connectivity index (χ2v) is 17.4. The fourth-order valence-corrected chi connectivity index (χ4v) is 10.8. The average molecular weight is 798 g/mol. The largest absolute Gasteiger partial charge is 0.310 e. The smallest absolute Gasteiger partial charge is 0.249 e. The van der Waals surface area contributed by atoms with Crippen molar-refractivity contribution in [2.75, 3.05) is 4.90 Å². The molecule has 0 spiro atoms. The van der Waals surface area contributed by atoms with Crippen LogP contribution in [0.3, 0.4) is 0 Å². The van der Waals surface area contributed by atoms with Crippen LogP contribution in [0.1, 0.15) is 25.3 Å². The number of anilines is 3. The summed E-state index contributed by atoms with van der Waals surface area (Å²) in [5.41, 5.74) is 21.4. The Kier molecular flexibility index (Phi) is 9.76. The molecule has 0 unspecified atom stereocenters. The standard InChI is InChI=1S/C58H44BNS/c1-2-3-19-40-34-54-57-56(35-40)61-55-33-31-47(42-22-11-5-12-23-42)39-52(55)59(57)51-38-46(41-20-9-4-10-21-41)30-32-53(51)60(54)58-49(44-26-15-7-16-27-44)36-48(43-24-13-6-14-25-43)37-50(58)45-28-17-8-18-29-45/h4-18,20-39H,2-3,19H2,1H3. The van der Waals surface area contributed by atoms with Crippen molar-refractivity contribution in [1.82, 2.24) is 0 Å². The van der Waals surface area contributed by atoms with Crippen molar-refractivity contribution >= 4 is 51.9 Å². The van der Waals surface area contributed by atoms with Crippen LogP contribution in [-0.2, 0) is 6.42 Å². The second-order valence-electron chi connectivity index (χ2n) is 16.3. The molecule has 0 aromatic heterocycles. The van der Waals surface area contributed by atoms with Gasteiger partial charge in [-0.15, -0.1) is 0 Å². The van der Waals surface area contributed by atoms with Gasteiger partial charge in [0.2, 0.25) is 6.71 Å². The van der Waals surface area contributed by atoms with Gasteiger partial charge in [-0.1, -0.05) is 206 Å². The fraction of sp³-hybridized carbons (Fsp3) is 0.0690. The average Bonchev–Trinajstić information content (AvgIpc) is 3.34. The normalized spacial score (nSPS) is 12.4. The van der Waals surface area contributed by atoms with Crippen LogP contribution in [0.2, 0.25) is 0 Å². The third kappa shape index (κ3) is 6.80. The van der Waals surface area contributed by atoms with Gasteiger partial charge >= 0.3 is 0 Å². The summed E-state index contributed by atoms with van der Waals surface area (Å²) in [6, 6.07) is 79.0. The van der Waals surface area contributed by atoms with Crippen molar-refractivity contribution in [3.05, 3.63) is 218 Å². The van der Waals surface area contributed by atoms with Crippen molar-refractivity contribution in [2.45, 2.75) is 36.0 Å². The maximum Gasteiger partial charge on any atom is 0.249 e. The highest BCUT2D eigenvalue weighted by Crippen LogP contribution is 2.51. The number of rotatable bonds is 9. The van der Waals surface area contributed by atoms with Gasteiger partial charge in [-0.3, -0.25) is 0 Å². The molecule has 0 aliphatic carbocycles. The Balaban J connectivity index is 1.25. The molecule has 2 aliphatic rings. The minimum Gasteiger partial charge on any atom is -0.310 e. The van der Waals surface area contributed by atoms with Crippen molar-refractivity contribution in [1.29, 1.82) is 0 Å². The van der Waals surface area contributed by atoms with Gasteiger partial charge in [-0.05, 0) is 110 Å². The lowest BCUT2D eigenvalue weighted by Gasteiger charge is -2.42. The number of fused-ring (bicyclic) bond motifs is 4. The lowest BCUT2D eigenvalue weighted by atomic mass is 9.34. The first kappa shape index (κ1) is 37.2. The van der Waals surface area contributed by atoms with Gasteiger partial charge in [-0.25, -0.2) is 0 Å². The summed E-state index contributed by atoms with van der Waals surface area (Å²) in [7, 11) is 0. The molecule has 11 rings (SSSR count). The summed E-state index contributed by atoms with van der Waals surface area (Å²) in [6.07, 6.45) is 3.34. The maximum atomic E-state index is 2.65. The Morgan fingerprint density at radius 3 is 1.44 bits per heavy atom. The molecule has 9 aromatic rings. The Hall–Kier alpha value is -6.81. The van der Waals surface area contributed by atoms with E-state index in [2.05, 4.69) is 224 Å². The summed E-state index contributed by atoms with van der Waals surface area (Å²) in [5, 5.41) is 0. The van der Waals surface area contributed by atoms with E-state index < -0.39 is 0 Å². The zero-order valence-electron chi connectivity index (χ0n) is 34.3. The molecule has 2 heterocycles. The Bertz CT molecular complexity index is 2960. The summed E-state index contributed by atoms with van der Waals surface area (Å²) in [6.45, 7) is 2.34. The maximum absolute atomic E-state index is 2.65. The van der Waals surface area contributed by atoms with Crippen molar-refractivity contribution in [2.24, 2.45) is 0 Å². The van der Waals surface area contributed by atoms with Gasteiger partial charge in [0, 0.05) is 32.3 Å². The highest BCUT2D eigenvalue weighted by Gasteiger charge is 2.42. The highest BCUT2D eigenvalue weighted by molar-refractivity contribution is 8.00. The van der Waals surface area contributed by atoms with Gasteiger partial charge in [0.25, 0.3) is 0 Å². The molecule has 0 saturated heterocycles. The number of benzene rings is 9. The number of aryl methyl sites for hydroxylation is 1. The molecule has 1 nitrogen and oxygen atoms in total. The molecule has 2 aliphatic heterocycles. The lowest BCUT2D eigenvalue weighted by Crippen LogP contribution is -2.60. The van der Waals surface area contributed by atoms with Crippen LogP contribution >= 0.6 is 11.8 Å². The molecule has 0 amide bonds. The summed E-state index contributed by atoms with van der Waals surface area (Å²) in [5.74, 6) is 0. The zero-order valence-corrected chi connectivity index (χ0v) is 35.1. The Labute approximate surface area is 364 Å². The molecule has 0 atom stereocenters. The first-order valence-corrected chi connectivity index (χ1v) is 22.4. The van der Waals surface area contributed by atoms with E-state index in [4.69, 9.17) is 0 Å². The molecular weight excluding hydrogens is 754 g/mol. The number of nitrogens with zero attached hydrogens (tertiary/aromatic N) is 1. The molecule has 290 valence electrons. The van der Waals surface area contributed by atoms with E-state index in [1.54, 1.807) is 0 Å². The van der Waals surface area contributed by atoms with E-state index in [1.807, 2.05) is 11.8 Å². The van der Waals surface area contributed by atoms with Crippen LogP contribution in [0.5, 0.6) is 0 Å². The zero-order chi connectivity index (χ0) is 40.7. The minimum atomic E-state index is 0.0454. The third-order valence-electron chi connectivity index (χ3n) is 12.5. The van der Waals surface area contributed by atoms with Gasteiger partial charge in [0.1, 0.15) is 0 Å². The molecule has 9 aromatic carbocycles. The van der Waals surface area contributed by atoms with Crippen LogP contribution in [-0.4, -0.2) is 6.71 Å². The van der Waals surface area contributed by atoms with Gasteiger partial charge in [-0.2, -0.15) is 0 Å². The van der Waals surface area contributed by atoms with Crippen LogP contribution in [0.4, 0.5) is 17.1 Å². The number of hydrogen-bond acceptors (Lipinski definition) is 2. The summed E-state index contributed by atoms with van der Waals surface area (Å²) in [4.78, 5) is 5.35. The predicted molar refractivity (Wildman–Crippen MR) is 262 cm³/mol. The van der Waals surface area contributed by atoms with Gasteiger partial charge in [0.05, 0.1) is 5.69 Å². The topological polar surface area (TPSA) is 3.24 Å². The van der Waals surface area contributed by atoms with Crippen LogP contribution in [0.25, 0.3) is 55.6 Å². The second kappa shape index (κ2) is 16.0. The Morgan fingerprint density at radius 1 is 0.410 bits per heavy atom. The van der Waals surface area contributed by atoms with E-state index in [1.165, 1.54) is 104 Å². The van der Waals surface area contributed by atoms with E-state index in [9.17, 15) is 0 Å². The SMILES string of the molecule is CCCCc1cc2c3c(c1)N(c1c(-c4ccccc4)cc(-c4ccccc4)cc1-c1ccccc1)c1ccc(-c4ccccc4)cc1B3c1cc(-c3ccccc3)ccc1S2.